The van der Waals surface area contributed by atoms with Crippen LogP contribution in [-0.4, -0.2) is 50.8 Å². The third-order valence-corrected chi connectivity index (χ3v) is 4.28. The van der Waals surface area contributed by atoms with Gasteiger partial charge in [-0.1, -0.05) is 18.2 Å². The van der Waals surface area contributed by atoms with Crippen LogP contribution in [0.25, 0.3) is 0 Å². The number of nitrogens with zero attached hydrogens (tertiary/aromatic N) is 4. The van der Waals surface area contributed by atoms with Gasteiger partial charge in [0, 0.05) is 31.9 Å². The summed E-state index contributed by atoms with van der Waals surface area (Å²) in [5, 5.41) is 0. The van der Waals surface area contributed by atoms with Crippen LogP contribution in [0.4, 0.5) is 11.5 Å². The molecule has 0 N–H and O–H groups in total. The Morgan fingerprint density at radius 2 is 1.96 bits per heavy atom. The maximum absolute atomic E-state index is 5.52. The van der Waals surface area contributed by atoms with Crippen LogP contribution in [-0.2, 0) is 6.54 Å². The standard InChI is InChI=1S/C18H24N4O/c1-20(2)13-17-21(3)18-15(9-7-11-19-18)22(17)12-14-8-5-6-10-16(14)23-4/h5-11,17H,12-13H2,1-4H3. The van der Waals surface area contributed by atoms with Crippen molar-refractivity contribution in [3.8, 4) is 5.75 Å². The summed E-state index contributed by atoms with van der Waals surface area (Å²) in [5.74, 6) is 1.96. The van der Waals surface area contributed by atoms with Crippen LogP contribution in [0.3, 0.4) is 0 Å². The number of para-hydroxylation sites is 1. The molecular formula is C18H24N4O. The van der Waals surface area contributed by atoms with Crippen molar-refractivity contribution in [1.82, 2.24) is 9.88 Å². The van der Waals surface area contributed by atoms with Crippen LogP contribution in [0.2, 0.25) is 0 Å². The first-order valence-electron chi connectivity index (χ1n) is 7.83. The second-order valence-corrected chi connectivity index (χ2v) is 6.14. The Balaban J connectivity index is 1.96. The summed E-state index contributed by atoms with van der Waals surface area (Å²) >= 11 is 0. The van der Waals surface area contributed by atoms with Crippen molar-refractivity contribution < 1.29 is 4.74 Å². The zero-order chi connectivity index (χ0) is 16.4. The number of hydrogen-bond acceptors (Lipinski definition) is 5. The molecule has 122 valence electrons. The normalized spacial score (nSPS) is 16.8. The third-order valence-electron chi connectivity index (χ3n) is 4.28. The lowest BCUT2D eigenvalue weighted by Gasteiger charge is -2.33. The quantitative estimate of drug-likeness (QED) is 0.846. The summed E-state index contributed by atoms with van der Waals surface area (Å²) < 4.78 is 5.52. The maximum Gasteiger partial charge on any atom is 0.153 e. The molecule has 1 aliphatic heterocycles. The van der Waals surface area contributed by atoms with Crippen LogP contribution >= 0.6 is 0 Å². The lowest BCUT2D eigenvalue weighted by atomic mass is 10.1. The molecule has 1 atom stereocenters. The van der Waals surface area contributed by atoms with Gasteiger partial charge in [-0.25, -0.2) is 4.98 Å². The molecule has 0 saturated heterocycles. The highest BCUT2D eigenvalue weighted by atomic mass is 16.5. The molecule has 0 radical (unpaired) electrons. The van der Waals surface area contributed by atoms with Gasteiger partial charge < -0.3 is 19.4 Å². The molecule has 1 aromatic heterocycles. The van der Waals surface area contributed by atoms with Gasteiger partial charge in [-0.15, -0.1) is 0 Å². The number of fused-ring (bicyclic) bond motifs is 1. The fourth-order valence-corrected chi connectivity index (χ4v) is 3.15. The van der Waals surface area contributed by atoms with Gasteiger partial charge in [0.25, 0.3) is 0 Å². The first kappa shape index (κ1) is 15.6. The summed E-state index contributed by atoms with van der Waals surface area (Å²) in [7, 11) is 8.04. The number of ether oxygens (including phenoxy) is 1. The Kier molecular flexibility index (Phi) is 4.39. The fourth-order valence-electron chi connectivity index (χ4n) is 3.15. The molecule has 1 aromatic carbocycles. The lowest BCUT2D eigenvalue weighted by Crippen LogP contribution is -2.47. The third kappa shape index (κ3) is 2.97. The van der Waals surface area contributed by atoms with E-state index in [4.69, 9.17) is 4.74 Å². The van der Waals surface area contributed by atoms with Gasteiger partial charge in [0.2, 0.25) is 0 Å². The predicted molar refractivity (Wildman–Crippen MR) is 94.2 cm³/mol. The number of pyridine rings is 1. The minimum absolute atomic E-state index is 0.250. The highest BCUT2D eigenvalue weighted by molar-refractivity contribution is 5.73. The van der Waals surface area contributed by atoms with Gasteiger partial charge in [0.05, 0.1) is 12.8 Å². The first-order valence-corrected chi connectivity index (χ1v) is 7.83. The average Bonchev–Trinajstić information content (AvgIpc) is 2.81. The molecule has 5 nitrogen and oxygen atoms in total. The van der Waals surface area contributed by atoms with Crippen molar-refractivity contribution in [3.63, 3.8) is 0 Å². The van der Waals surface area contributed by atoms with Gasteiger partial charge in [-0.2, -0.15) is 0 Å². The SMILES string of the molecule is COc1ccccc1CN1c2cccnc2N(C)C1CN(C)C. The Morgan fingerprint density at radius 3 is 2.70 bits per heavy atom. The van der Waals surface area contributed by atoms with E-state index in [0.29, 0.717) is 0 Å². The van der Waals surface area contributed by atoms with Crippen LogP contribution in [0.1, 0.15) is 5.56 Å². The highest BCUT2D eigenvalue weighted by Gasteiger charge is 2.35. The molecule has 0 spiro atoms. The number of rotatable bonds is 5. The topological polar surface area (TPSA) is 31.8 Å². The number of anilines is 2. The van der Waals surface area contributed by atoms with E-state index in [1.165, 1.54) is 11.3 Å². The van der Waals surface area contributed by atoms with Crippen LogP contribution in [0.15, 0.2) is 42.6 Å². The summed E-state index contributed by atoms with van der Waals surface area (Å²) in [4.78, 5) is 11.4. The number of aromatic nitrogens is 1. The minimum Gasteiger partial charge on any atom is -0.496 e. The Hall–Kier alpha value is -2.27. The fraction of sp³-hybridized carbons (Fsp3) is 0.389. The van der Waals surface area contributed by atoms with Crippen LogP contribution in [0, 0.1) is 0 Å². The van der Waals surface area contributed by atoms with Crippen molar-refractivity contribution >= 4 is 11.5 Å². The number of hydrogen-bond donors (Lipinski definition) is 0. The number of likely N-dealkylation sites (N-methyl/N-ethyl adjacent to an activating group) is 2. The molecule has 1 unspecified atom stereocenters. The largest absolute Gasteiger partial charge is 0.496 e. The van der Waals surface area contributed by atoms with E-state index in [2.05, 4.69) is 59.0 Å². The van der Waals surface area contributed by atoms with E-state index in [1.807, 2.05) is 24.4 Å². The van der Waals surface area contributed by atoms with E-state index >= 15 is 0 Å². The number of benzene rings is 1. The van der Waals surface area contributed by atoms with Gasteiger partial charge in [0.1, 0.15) is 11.9 Å². The summed E-state index contributed by atoms with van der Waals surface area (Å²) in [6.07, 6.45) is 2.11. The zero-order valence-corrected chi connectivity index (χ0v) is 14.2. The Labute approximate surface area is 138 Å². The second-order valence-electron chi connectivity index (χ2n) is 6.14. The molecule has 0 amide bonds. The van der Waals surface area contributed by atoms with E-state index in [-0.39, 0.29) is 6.17 Å². The summed E-state index contributed by atoms with van der Waals surface area (Å²) in [6.45, 7) is 1.73. The molecule has 0 fully saturated rings. The van der Waals surface area contributed by atoms with E-state index in [9.17, 15) is 0 Å². The average molecular weight is 312 g/mol. The monoisotopic (exact) mass is 312 g/mol. The maximum atomic E-state index is 5.52. The van der Waals surface area contributed by atoms with Crippen molar-refractivity contribution in [3.05, 3.63) is 48.2 Å². The smallest absolute Gasteiger partial charge is 0.153 e. The highest BCUT2D eigenvalue weighted by Crippen LogP contribution is 2.38. The summed E-state index contributed by atoms with van der Waals surface area (Å²) in [6, 6.07) is 12.3. The van der Waals surface area contributed by atoms with E-state index < -0.39 is 0 Å². The van der Waals surface area contributed by atoms with E-state index in [0.717, 1.165) is 24.7 Å². The predicted octanol–water partition coefficient (Wildman–Crippen LogP) is 2.43. The Bertz CT molecular complexity index is 674. The van der Waals surface area contributed by atoms with Crippen molar-refractivity contribution in [2.45, 2.75) is 12.7 Å². The summed E-state index contributed by atoms with van der Waals surface area (Å²) in [5.41, 5.74) is 2.36. The van der Waals surface area contributed by atoms with Crippen LogP contribution in [0.5, 0.6) is 5.75 Å². The van der Waals surface area contributed by atoms with Crippen LogP contribution < -0.4 is 14.5 Å². The van der Waals surface area contributed by atoms with E-state index in [1.54, 1.807) is 7.11 Å². The van der Waals surface area contributed by atoms with Gasteiger partial charge in [0.15, 0.2) is 5.82 Å². The van der Waals surface area contributed by atoms with Crippen molar-refractivity contribution in [2.75, 3.05) is 44.6 Å². The van der Waals surface area contributed by atoms with Gasteiger partial charge in [-0.3, -0.25) is 0 Å². The van der Waals surface area contributed by atoms with Gasteiger partial charge in [-0.05, 0) is 32.3 Å². The molecule has 2 heterocycles. The van der Waals surface area contributed by atoms with Gasteiger partial charge >= 0.3 is 0 Å². The molecule has 0 saturated carbocycles. The molecule has 23 heavy (non-hydrogen) atoms. The van der Waals surface area contributed by atoms with Crippen molar-refractivity contribution in [2.24, 2.45) is 0 Å². The lowest BCUT2D eigenvalue weighted by molar-refractivity contribution is 0.361. The van der Waals surface area contributed by atoms with Crippen molar-refractivity contribution in [1.29, 1.82) is 0 Å². The molecule has 0 aliphatic carbocycles. The molecular weight excluding hydrogens is 288 g/mol. The minimum atomic E-state index is 0.250. The molecule has 0 bridgehead atoms. The Morgan fingerprint density at radius 1 is 1.17 bits per heavy atom. The zero-order valence-electron chi connectivity index (χ0n) is 14.2. The molecule has 5 heteroatoms. The number of methoxy groups -OCH3 is 1. The molecule has 1 aliphatic rings. The molecule has 2 aromatic rings. The molecule has 3 rings (SSSR count). The first-order chi connectivity index (χ1) is 11.1. The second kappa shape index (κ2) is 6.46.